The number of carbonyl (C=O) groups is 2. The molecule has 1 saturated heterocycles. The Balaban J connectivity index is 1.74. The summed E-state index contributed by atoms with van der Waals surface area (Å²) in [5, 5.41) is 0. The van der Waals surface area contributed by atoms with Crippen molar-refractivity contribution in [3.8, 4) is 5.75 Å². The minimum Gasteiger partial charge on any atom is -0.497 e. The monoisotopic (exact) mass is 402 g/mol. The predicted octanol–water partition coefficient (Wildman–Crippen LogP) is 3.65. The third kappa shape index (κ3) is 2.40. The van der Waals surface area contributed by atoms with Crippen LogP contribution in [0.5, 0.6) is 5.75 Å². The lowest BCUT2D eigenvalue weighted by Gasteiger charge is -2.40. The summed E-state index contributed by atoms with van der Waals surface area (Å²) in [6.07, 6.45) is 0. The molecule has 1 fully saturated rings. The number of fused-ring (bicyclic) bond motifs is 3. The van der Waals surface area contributed by atoms with Crippen LogP contribution in [0.25, 0.3) is 0 Å². The van der Waals surface area contributed by atoms with Crippen LogP contribution in [0.1, 0.15) is 31.8 Å². The molecule has 150 valence electrons. The van der Waals surface area contributed by atoms with Crippen molar-refractivity contribution in [2.75, 3.05) is 20.2 Å². The van der Waals surface area contributed by atoms with E-state index >= 15 is 0 Å². The lowest BCUT2D eigenvalue weighted by Crippen LogP contribution is -2.51. The van der Waals surface area contributed by atoms with Crippen LogP contribution >= 0.6 is 0 Å². The molecule has 0 spiro atoms. The first kappa shape index (κ1) is 18.4. The Labute approximate surface area is 173 Å². The van der Waals surface area contributed by atoms with Crippen LogP contribution in [0, 0.1) is 5.82 Å². The Hall–Kier alpha value is -3.67. The quantitative estimate of drug-likeness (QED) is 0.672. The van der Waals surface area contributed by atoms with Gasteiger partial charge in [-0.05, 0) is 36.4 Å². The van der Waals surface area contributed by atoms with Crippen molar-refractivity contribution in [2.45, 2.75) is 5.66 Å². The minimum absolute atomic E-state index is 0.115. The van der Waals surface area contributed by atoms with Gasteiger partial charge in [-0.2, -0.15) is 0 Å². The van der Waals surface area contributed by atoms with Gasteiger partial charge in [0.2, 0.25) is 0 Å². The summed E-state index contributed by atoms with van der Waals surface area (Å²) in [6.45, 7) is 0.738. The fourth-order valence-electron chi connectivity index (χ4n) is 4.64. The molecule has 0 N–H and O–H groups in total. The Bertz CT molecular complexity index is 1160. The third-order valence-corrected chi connectivity index (χ3v) is 5.92. The van der Waals surface area contributed by atoms with Crippen LogP contribution in [0.15, 0.2) is 72.8 Å². The molecule has 1 atom stereocenters. The van der Waals surface area contributed by atoms with Crippen molar-refractivity contribution in [2.24, 2.45) is 0 Å². The predicted molar refractivity (Wildman–Crippen MR) is 109 cm³/mol. The molecule has 2 aliphatic rings. The van der Waals surface area contributed by atoms with Crippen molar-refractivity contribution in [3.63, 3.8) is 0 Å². The Morgan fingerprint density at radius 2 is 1.77 bits per heavy atom. The topological polar surface area (TPSA) is 49.9 Å². The number of hydrogen-bond acceptors (Lipinski definition) is 3. The number of nitrogens with zero attached hydrogens (tertiary/aromatic N) is 2. The SMILES string of the molecule is COc1ccc(C23c4ccccc4C(=O)N2CCN3C(=O)c2cccc(F)c2)cc1. The molecule has 5 nitrogen and oxygen atoms in total. The zero-order valence-corrected chi connectivity index (χ0v) is 16.3. The van der Waals surface area contributed by atoms with E-state index in [0.29, 0.717) is 24.4 Å². The maximum absolute atomic E-state index is 13.8. The second kappa shape index (κ2) is 6.69. The number of benzene rings is 3. The second-order valence-corrected chi connectivity index (χ2v) is 7.37. The fourth-order valence-corrected chi connectivity index (χ4v) is 4.64. The Morgan fingerprint density at radius 1 is 1.00 bits per heavy atom. The summed E-state index contributed by atoms with van der Waals surface area (Å²) in [5.41, 5.74) is 1.28. The summed E-state index contributed by atoms with van der Waals surface area (Å²) < 4.78 is 19.1. The van der Waals surface area contributed by atoms with Gasteiger partial charge in [0.25, 0.3) is 11.8 Å². The first-order chi connectivity index (χ1) is 14.6. The van der Waals surface area contributed by atoms with Crippen LogP contribution in [-0.2, 0) is 5.66 Å². The van der Waals surface area contributed by atoms with E-state index in [0.717, 1.165) is 11.1 Å². The third-order valence-electron chi connectivity index (χ3n) is 5.92. The van der Waals surface area contributed by atoms with Gasteiger partial charge in [-0.1, -0.05) is 36.4 Å². The number of carbonyl (C=O) groups excluding carboxylic acids is 2. The van der Waals surface area contributed by atoms with E-state index < -0.39 is 11.5 Å². The maximum Gasteiger partial charge on any atom is 0.256 e. The summed E-state index contributed by atoms with van der Waals surface area (Å²) in [5.74, 6) is -0.230. The molecule has 2 heterocycles. The van der Waals surface area contributed by atoms with Crippen LogP contribution in [-0.4, -0.2) is 41.8 Å². The Kier molecular flexibility index (Phi) is 4.10. The molecular weight excluding hydrogens is 383 g/mol. The van der Waals surface area contributed by atoms with E-state index in [1.54, 1.807) is 29.0 Å². The van der Waals surface area contributed by atoms with Gasteiger partial charge in [0.15, 0.2) is 5.66 Å². The molecule has 5 rings (SSSR count). The normalized spacial score (nSPS) is 19.6. The van der Waals surface area contributed by atoms with Gasteiger partial charge in [-0.3, -0.25) is 9.59 Å². The number of rotatable bonds is 3. The van der Waals surface area contributed by atoms with Gasteiger partial charge in [0.05, 0.1) is 7.11 Å². The van der Waals surface area contributed by atoms with Gasteiger partial charge in [0.1, 0.15) is 11.6 Å². The summed E-state index contributed by atoms with van der Waals surface area (Å²) in [7, 11) is 1.59. The maximum atomic E-state index is 13.8. The first-order valence-electron chi connectivity index (χ1n) is 9.71. The van der Waals surface area contributed by atoms with Crippen LogP contribution < -0.4 is 4.74 Å². The van der Waals surface area contributed by atoms with Gasteiger partial charge in [0, 0.05) is 35.3 Å². The summed E-state index contributed by atoms with van der Waals surface area (Å²) in [6, 6.07) is 20.4. The molecule has 30 heavy (non-hydrogen) atoms. The highest BCUT2D eigenvalue weighted by atomic mass is 19.1. The average Bonchev–Trinajstić information content (AvgIpc) is 3.29. The highest BCUT2D eigenvalue weighted by Gasteiger charge is 2.59. The first-order valence-corrected chi connectivity index (χ1v) is 9.71. The molecule has 6 heteroatoms. The van der Waals surface area contributed by atoms with Crippen molar-refractivity contribution in [3.05, 3.63) is 101 Å². The molecule has 3 aromatic rings. The second-order valence-electron chi connectivity index (χ2n) is 7.37. The van der Waals surface area contributed by atoms with Gasteiger partial charge in [-0.25, -0.2) is 4.39 Å². The van der Waals surface area contributed by atoms with E-state index in [4.69, 9.17) is 4.74 Å². The van der Waals surface area contributed by atoms with Gasteiger partial charge < -0.3 is 14.5 Å². The molecule has 0 saturated carbocycles. The lowest BCUT2D eigenvalue weighted by atomic mass is 9.89. The van der Waals surface area contributed by atoms with Crippen LogP contribution in [0.4, 0.5) is 4.39 Å². The molecular formula is C24H19FN2O3. The van der Waals surface area contributed by atoms with E-state index in [1.165, 1.54) is 18.2 Å². The molecule has 2 amide bonds. The number of amides is 2. The van der Waals surface area contributed by atoms with Gasteiger partial charge >= 0.3 is 0 Å². The van der Waals surface area contributed by atoms with E-state index in [1.807, 2.05) is 42.5 Å². The molecule has 1 unspecified atom stereocenters. The van der Waals surface area contributed by atoms with Crippen LogP contribution in [0.3, 0.4) is 0 Å². The molecule has 0 radical (unpaired) electrons. The smallest absolute Gasteiger partial charge is 0.256 e. The van der Waals surface area contributed by atoms with E-state index in [2.05, 4.69) is 0 Å². The van der Waals surface area contributed by atoms with Crippen molar-refractivity contribution in [1.29, 1.82) is 0 Å². The zero-order chi connectivity index (χ0) is 20.9. The number of halogens is 1. The molecule has 3 aromatic carbocycles. The summed E-state index contributed by atoms with van der Waals surface area (Å²) in [4.78, 5) is 30.2. The number of ether oxygens (including phenoxy) is 1. The van der Waals surface area contributed by atoms with E-state index in [-0.39, 0.29) is 17.4 Å². The molecule has 0 aliphatic carbocycles. The summed E-state index contributed by atoms with van der Waals surface area (Å²) >= 11 is 0. The highest BCUT2D eigenvalue weighted by molar-refractivity contribution is 6.03. The minimum atomic E-state index is -1.08. The van der Waals surface area contributed by atoms with Gasteiger partial charge in [-0.15, -0.1) is 0 Å². The lowest BCUT2D eigenvalue weighted by molar-refractivity contribution is 0.0375. The number of methoxy groups -OCH3 is 1. The molecule has 0 bridgehead atoms. The van der Waals surface area contributed by atoms with Crippen molar-refractivity contribution < 1.29 is 18.7 Å². The largest absolute Gasteiger partial charge is 0.497 e. The zero-order valence-electron chi connectivity index (χ0n) is 16.3. The van der Waals surface area contributed by atoms with Crippen molar-refractivity contribution >= 4 is 11.8 Å². The molecule has 2 aliphatic heterocycles. The van der Waals surface area contributed by atoms with Crippen molar-refractivity contribution in [1.82, 2.24) is 9.80 Å². The average molecular weight is 402 g/mol. The number of hydrogen-bond donors (Lipinski definition) is 0. The Morgan fingerprint density at radius 3 is 2.50 bits per heavy atom. The standard InChI is InChI=1S/C24H19FN2O3/c1-30-19-11-9-17(10-12-19)24-21-8-3-2-7-20(21)23(29)27(24)14-13-26(24)22(28)16-5-4-6-18(25)15-16/h2-12,15H,13-14H2,1H3. The van der Waals surface area contributed by atoms with E-state index in [9.17, 15) is 14.0 Å². The van der Waals surface area contributed by atoms with Crippen LogP contribution in [0.2, 0.25) is 0 Å². The highest BCUT2D eigenvalue weighted by Crippen LogP contribution is 2.50. The fraction of sp³-hybridized carbons (Fsp3) is 0.167. The molecule has 0 aromatic heterocycles.